The van der Waals surface area contributed by atoms with Crippen LogP contribution in [0.4, 0.5) is 0 Å². The van der Waals surface area contributed by atoms with Crippen LogP contribution in [0.1, 0.15) is 24.5 Å². The third kappa shape index (κ3) is 5.33. The van der Waals surface area contributed by atoms with E-state index in [-0.39, 0.29) is 0 Å². The standard InChI is InChI=1S/C17H19BrClNS/c1-2-9-20-11-14-10-15(18)7-8-17(14)21-12-13-5-3-4-6-16(13)19/h3-8,10,20H,2,9,11-12H2,1H3. The molecule has 0 atom stereocenters. The number of rotatable bonds is 7. The van der Waals surface area contributed by atoms with Crippen molar-refractivity contribution in [1.82, 2.24) is 5.32 Å². The minimum atomic E-state index is 0.841. The van der Waals surface area contributed by atoms with E-state index in [0.717, 1.165) is 34.8 Å². The summed E-state index contributed by atoms with van der Waals surface area (Å²) in [5.74, 6) is 0.891. The zero-order valence-electron chi connectivity index (χ0n) is 12.0. The van der Waals surface area contributed by atoms with Crippen molar-refractivity contribution in [1.29, 1.82) is 0 Å². The quantitative estimate of drug-likeness (QED) is 0.471. The largest absolute Gasteiger partial charge is 0.313 e. The molecule has 0 aliphatic rings. The van der Waals surface area contributed by atoms with Crippen molar-refractivity contribution in [3.63, 3.8) is 0 Å². The van der Waals surface area contributed by atoms with Crippen molar-refractivity contribution in [2.45, 2.75) is 30.5 Å². The molecular formula is C17H19BrClNS. The van der Waals surface area contributed by atoms with Crippen molar-refractivity contribution in [2.24, 2.45) is 0 Å². The lowest BCUT2D eigenvalue weighted by Gasteiger charge is -2.11. The van der Waals surface area contributed by atoms with Crippen LogP contribution < -0.4 is 5.32 Å². The van der Waals surface area contributed by atoms with Crippen LogP contribution in [0.25, 0.3) is 0 Å². The number of hydrogen-bond donors (Lipinski definition) is 1. The van der Waals surface area contributed by atoms with Crippen LogP contribution in [0, 0.1) is 0 Å². The summed E-state index contributed by atoms with van der Waals surface area (Å²) in [6, 6.07) is 14.5. The lowest BCUT2D eigenvalue weighted by atomic mass is 10.2. The highest BCUT2D eigenvalue weighted by Gasteiger charge is 2.06. The second-order valence-electron chi connectivity index (χ2n) is 4.81. The summed E-state index contributed by atoms with van der Waals surface area (Å²) >= 11 is 11.6. The Hall–Kier alpha value is -0.480. The highest BCUT2D eigenvalue weighted by molar-refractivity contribution is 9.10. The summed E-state index contributed by atoms with van der Waals surface area (Å²) in [4.78, 5) is 1.31. The Morgan fingerprint density at radius 3 is 2.71 bits per heavy atom. The molecule has 2 rings (SSSR count). The van der Waals surface area contributed by atoms with Gasteiger partial charge >= 0.3 is 0 Å². The number of benzene rings is 2. The Bertz CT molecular complexity index is 589. The van der Waals surface area contributed by atoms with Crippen LogP contribution in [0.15, 0.2) is 51.8 Å². The first-order valence-corrected chi connectivity index (χ1v) is 9.21. The fourth-order valence-corrected chi connectivity index (χ4v) is 3.73. The van der Waals surface area contributed by atoms with Gasteiger partial charge in [0, 0.05) is 26.7 Å². The molecule has 0 fully saturated rings. The van der Waals surface area contributed by atoms with E-state index in [1.807, 2.05) is 30.0 Å². The number of thioether (sulfide) groups is 1. The minimum absolute atomic E-state index is 0.841. The predicted molar refractivity (Wildman–Crippen MR) is 97.2 cm³/mol. The van der Waals surface area contributed by atoms with Crippen molar-refractivity contribution < 1.29 is 0 Å². The molecule has 0 bridgehead atoms. The molecule has 4 heteroatoms. The van der Waals surface area contributed by atoms with Gasteiger partial charge in [-0.1, -0.05) is 52.7 Å². The second kappa shape index (κ2) is 8.84. The van der Waals surface area contributed by atoms with E-state index in [0.29, 0.717) is 0 Å². The van der Waals surface area contributed by atoms with Crippen LogP contribution in [-0.4, -0.2) is 6.54 Å². The molecular weight excluding hydrogens is 366 g/mol. The molecule has 1 nitrogen and oxygen atoms in total. The van der Waals surface area contributed by atoms with E-state index in [9.17, 15) is 0 Å². The Morgan fingerprint density at radius 1 is 1.14 bits per heavy atom. The van der Waals surface area contributed by atoms with Crippen molar-refractivity contribution in [2.75, 3.05) is 6.54 Å². The average Bonchev–Trinajstić information content (AvgIpc) is 2.48. The van der Waals surface area contributed by atoms with Crippen molar-refractivity contribution in [3.05, 3.63) is 63.1 Å². The smallest absolute Gasteiger partial charge is 0.0446 e. The molecule has 2 aromatic carbocycles. The topological polar surface area (TPSA) is 12.0 Å². The maximum atomic E-state index is 6.22. The zero-order chi connectivity index (χ0) is 15.1. The minimum Gasteiger partial charge on any atom is -0.313 e. The van der Waals surface area contributed by atoms with Crippen LogP contribution in [-0.2, 0) is 12.3 Å². The van der Waals surface area contributed by atoms with Gasteiger partial charge in [-0.05, 0) is 48.4 Å². The van der Waals surface area contributed by atoms with Crippen molar-refractivity contribution in [3.8, 4) is 0 Å². The van der Waals surface area contributed by atoms with Gasteiger partial charge in [0.2, 0.25) is 0 Å². The van der Waals surface area contributed by atoms with Gasteiger partial charge in [0.1, 0.15) is 0 Å². The second-order valence-corrected chi connectivity index (χ2v) is 7.15. The fraction of sp³-hybridized carbons (Fsp3) is 0.294. The first-order chi connectivity index (χ1) is 10.2. The first kappa shape index (κ1) is 16.9. The maximum Gasteiger partial charge on any atom is 0.0446 e. The molecule has 0 aliphatic heterocycles. The van der Waals surface area contributed by atoms with Gasteiger partial charge in [-0.15, -0.1) is 11.8 Å². The van der Waals surface area contributed by atoms with E-state index < -0.39 is 0 Å². The Kier molecular flexibility index (Phi) is 7.11. The summed E-state index contributed by atoms with van der Waals surface area (Å²) in [6.07, 6.45) is 1.15. The molecule has 0 heterocycles. The first-order valence-electron chi connectivity index (χ1n) is 7.06. The number of hydrogen-bond acceptors (Lipinski definition) is 2. The number of halogens is 2. The molecule has 1 N–H and O–H groups in total. The highest BCUT2D eigenvalue weighted by Crippen LogP contribution is 2.30. The fourth-order valence-electron chi connectivity index (χ4n) is 2.00. The van der Waals surface area contributed by atoms with E-state index in [1.54, 1.807) is 0 Å². The summed E-state index contributed by atoms with van der Waals surface area (Å²) in [5, 5.41) is 4.31. The lowest BCUT2D eigenvalue weighted by molar-refractivity contribution is 0.669. The number of nitrogens with one attached hydrogen (secondary N) is 1. The molecule has 0 spiro atoms. The van der Waals surface area contributed by atoms with Gasteiger partial charge < -0.3 is 5.32 Å². The predicted octanol–water partition coefficient (Wildman–Crippen LogP) is 5.89. The molecule has 0 amide bonds. The molecule has 2 aromatic rings. The van der Waals surface area contributed by atoms with Crippen molar-refractivity contribution >= 4 is 39.3 Å². The van der Waals surface area contributed by atoms with Crippen LogP contribution >= 0.6 is 39.3 Å². The van der Waals surface area contributed by atoms with Gasteiger partial charge in [-0.2, -0.15) is 0 Å². The Labute approximate surface area is 144 Å². The Morgan fingerprint density at radius 2 is 1.95 bits per heavy atom. The molecule has 21 heavy (non-hydrogen) atoms. The van der Waals surface area contributed by atoms with Gasteiger partial charge in [-0.25, -0.2) is 0 Å². The monoisotopic (exact) mass is 383 g/mol. The molecule has 0 aromatic heterocycles. The molecule has 112 valence electrons. The van der Waals surface area contributed by atoms with Gasteiger partial charge in [-0.3, -0.25) is 0 Å². The summed E-state index contributed by atoms with van der Waals surface area (Å²) < 4.78 is 1.12. The van der Waals surface area contributed by atoms with Gasteiger partial charge in [0.05, 0.1) is 0 Å². The molecule has 0 saturated carbocycles. The summed E-state index contributed by atoms with van der Waals surface area (Å²) in [5.41, 5.74) is 2.51. The summed E-state index contributed by atoms with van der Waals surface area (Å²) in [6.45, 7) is 4.13. The molecule has 0 radical (unpaired) electrons. The molecule has 0 saturated heterocycles. The third-order valence-electron chi connectivity index (χ3n) is 3.11. The lowest BCUT2D eigenvalue weighted by Crippen LogP contribution is -2.14. The van der Waals surface area contributed by atoms with E-state index in [2.05, 4.69) is 52.4 Å². The van der Waals surface area contributed by atoms with Gasteiger partial charge in [0.25, 0.3) is 0 Å². The maximum absolute atomic E-state index is 6.22. The van der Waals surface area contributed by atoms with Crippen LogP contribution in [0.2, 0.25) is 5.02 Å². The van der Waals surface area contributed by atoms with Crippen LogP contribution in [0.3, 0.4) is 0 Å². The normalized spacial score (nSPS) is 10.8. The average molecular weight is 385 g/mol. The van der Waals surface area contributed by atoms with Crippen LogP contribution in [0.5, 0.6) is 0 Å². The zero-order valence-corrected chi connectivity index (χ0v) is 15.2. The Balaban J connectivity index is 2.06. The van der Waals surface area contributed by atoms with E-state index >= 15 is 0 Å². The molecule has 0 aliphatic carbocycles. The summed E-state index contributed by atoms with van der Waals surface area (Å²) in [7, 11) is 0. The SMILES string of the molecule is CCCNCc1cc(Br)ccc1SCc1ccccc1Cl. The van der Waals surface area contributed by atoms with E-state index in [4.69, 9.17) is 11.6 Å². The molecule has 0 unspecified atom stereocenters. The van der Waals surface area contributed by atoms with Gasteiger partial charge in [0.15, 0.2) is 0 Å². The highest BCUT2D eigenvalue weighted by atomic mass is 79.9. The van der Waals surface area contributed by atoms with E-state index in [1.165, 1.54) is 16.0 Å². The third-order valence-corrected chi connectivity index (χ3v) is 5.13.